The van der Waals surface area contributed by atoms with Crippen LogP contribution in [0.2, 0.25) is 0 Å². The summed E-state index contributed by atoms with van der Waals surface area (Å²) in [6.45, 7) is 2.82. The molecule has 2 N–H and O–H groups in total. The van der Waals surface area contributed by atoms with Crippen LogP contribution in [0.1, 0.15) is 18.9 Å². The van der Waals surface area contributed by atoms with Crippen molar-refractivity contribution in [2.45, 2.75) is 19.9 Å². The molecule has 4 rings (SSSR count). The number of nitrogens with one attached hydrogen (secondary N) is 2. The molecule has 0 radical (unpaired) electrons. The average Bonchev–Trinajstić information content (AvgIpc) is 2.78. The van der Waals surface area contributed by atoms with Gasteiger partial charge in [0.2, 0.25) is 5.95 Å². The molecule has 1 aromatic heterocycles. The van der Waals surface area contributed by atoms with Gasteiger partial charge in [-0.05, 0) is 49.2 Å². The van der Waals surface area contributed by atoms with E-state index in [1.165, 1.54) is 0 Å². The van der Waals surface area contributed by atoms with E-state index in [1.54, 1.807) is 35.9 Å². The number of hydrazone groups is 1. The van der Waals surface area contributed by atoms with Gasteiger partial charge in [-0.1, -0.05) is 12.1 Å². The normalized spacial score (nSPS) is 13.5. The van der Waals surface area contributed by atoms with Gasteiger partial charge in [0.1, 0.15) is 5.75 Å². The van der Waals surface area contributed by atoms with Crippen LogP contribution >= 0.6 is 0 Å². The second kappa shape index (κ2) is 8.97. The lowest BCUT2D eigenvalue weighted by molar-refractivity contribution is -0.118. The predicted octanol–water partition coefficient (Wildman–Crippen LogP) is 2.60. The Morgan fingerprint density at radius 2 is 2.13 bits per heavy atom. The number of benzene rings is 2. The number of hydrogen-bond donors (Lipinski definition) is 2. The molecule has 160 valence electrons. The molecule has 0 saturated heterocycles. The van der Waals surface area contributed by atoms with Crippen LogP contribution < -0.4 is 21.0 Å². The van der Waals surface area contributed by atoms with E-state index < -0.39 is 0 Å². The molecule has 0 saturated carbocycles. The maximum Gasteiger partial charge on any atom is 0.262 e. The van der Waals surface area contributed by atoms with E-state index >= 15 is 0 Å². The molecule has 3 aromatic rings. The second-order valence-corrected chi connectivity index (χ2v) is 7.11. The van der Waals surface area contributed by atoms with Crippen molar-refractivity contribution in [1.29, 1.82) is 0 Å². The molecule has 0 spiro atoms. The number of methoxy groups -OCH3 is 1. The zero-order valence-electron chi connectivity index (χ0n) is 17.3. The predicted molar refractivity (Wildman–Crippen MR) is 119 cm³/mol. The van der Waals surface area contributed by atoms with Crippen LogP contribution in [0.5, 0.6) is 5.75 Å². The standard InChI is InChI=1S/C22H23N5O4/c1-14(15-8-9-19-18(12-15)23-20(28)13-31-19)25-26-22-24-17-7-4-3-6-16(17)21(29)27(22)10-5-11-30-2/h3-4,6-9,12H,5,10-11,13H2,1-2H3,(H,23,28)(H,24,26)/b25-14-. The number of carbonyl (C=O) groups excluding carboxylic acids is 1. The topological polar surface area (TPSA) is 107 Å². The third-order valence-corrected chi connectivity index (χ3v) is 4.95. The molecule has 1 aliphatic heterocycles. The molecule has 0 bridgehead atoms. The SMILES string of the molecule is COCCCn1c(N/N=C(/C)c2ccc3c(c2)NC(=O)CO3)nc2ccccc2c1=O. The molecule has 1 amide bonds. The van der Waals surface area contributed by atoms with E-state index in [0.29, 0.717) is 53.6 Å². The molecule has 0 aliphatic carbocycles. The Morgan fingerprint density at radius 3 is 2.97 bits per heavy atom. The quantitative estimate of drug-likeness (QED) is 0.345. The minimum Gasteiger partial charge on any atom is -0.482 e. The van der Waals surface area contributed by atoms with E-state index in [9.17, 15) is 9.59 Å². The third kappa shape index (κ3) is 4.41. The Morgan fingerprint density at radius 1 is 1.29 bits per heavy atom. The van der Waals surface area contributed by atoms with E-state index in [-0.39, 0.29) is 18.1 Å². The Bertz CT molecular complexity index is 1220. The van der Waals surface area contributed by atoms with Crippen molar-refractivity contribution >= 4 is 34.2 Å². The molecule has 1 aliphatic rings. The van der Waals surface area contributed by atoms with Gasteiger partial charge in [0.25, 0.3) is 11.5 Å². The first-order valence-electron chi connectivity index (χ1n) is 9.92. The van der Waals surface area contributed by atoms with Gasteiger partial charge in [0.05, 0.1) is 22.3 Å². The number of rotatable bonds is 7. The second-order valence-electron chi connectivity index (χ2n) is 7.11. The van der Waals surface area contributed by atoms with Gasteiger partial charge in [-0.15, -0.1) is 0 Å². The maximum absolute atomic E-state index is 13.0. The Kier molecular flexibility index (Phi) is 5.94. The van der Waals surface area contributed by atoms with E-state index in [4.69, 9.17) is 9.47 Å². The Labute approximate surface area is 178 Å². The van der Waals surface area contributed by atoms with E-state index in [0.717, 1.165) is 5.56 Å². The summed E-state index contributed by atoms with van der Waals surface area (Å²) in [7, 11) is 1.63. The number of anilines is 2. The number of carbonyl (C=O) groups is 1. The van der Waals surface area contributed by atoms with E-state index in [2.05, 4.69) is 20.8 Å². The summed E-state index contributed by atoms with van der Waals surface area (Å²) in [6, 6.07) is 12.7. The van der Waals surface area contributed by atoms with Crippen LogP contribution in [0.4, 0.5) is 11.6 Å². The van der Waals surface area contributed by atoms with Crippen molar-refractivity contribution in [3.05, 3.63) is 58.4 Å². The lowest BCUT2D eigenvalue weighted by Gasteiger charge is -2.18. The van der Waals surface area contributed by atoms with Gasteiger partial charge in [0.15, 0.2) is 6.61 Å². The monoisotopic (exact) mass is 421 g/mol. The van der Waals surface area contributed by atoms with Crippen molar-refractivity contribution in [1.82, 2.24) is 9.55 Å². The number of ether oxygens (including phenoxy) is 2. The Hall–Kier alpha value is -3.72. The lowest BCUT2D eigenvalue weighted by Crippen LogP contribution is -2.25. The first-order valence-corrected chi connectivity index (χ1v) is 9.92. The number of aromatic nitrogens is 2. The maximum atomic E-state index is 13.0. The van der Waals surface area contributed by atoms with Gasteiger partial charge in [-0.2, -0.15) is 5.10 Å². The summed E-state index contributed by atoms with van der Waals surface area (Å²) >= 11 is 0. The van der Waals surface area contributed by atoms with Crippen molar-refractivity contribution in [2.24, 2.45) is 5.10 Å². The highest BCUT2D eigenvalue weighted by Crippen LogP contribution is 2.28. The number of fused-ring (bicyclic) bond motifs is 2. The summed E-state index contributed by atoms with van der Waals surface area (Å²) in [4.78, 5) is 29.2. The van der Waals surface area contributed by atoms with Crippen molar-refractivity contribution in [3.8, 4) is 5.75 Å². The zero-order valence-corrected chi connectivity index (χ0v) is 17.3. The van der Waals surface area contributed by atoms with Gasteiger partial charge >= 0.3 is 0 Å². The molecular formula is C22H23N5O4. The van der Waals surface area contributed by atoms with Crippen LogP contribution in [-0.4, -0.2) is 41.5 Å². The zero-order chi connectivity index (χ0) is 21.8. The number of para-hydroxylation sites is 1. The molecule has 2 aromatic carbocycles. The minimum atomic E-state index is -0.196. The lowest BCUT2D eigenvalue weighted by atomic mass is 10.1. The summed E-state index contributed by atoms with van der Waals surface area (Å²) in [6.07, 6.45) is 0.665. The largest absolute Gasteiger partial charge is 0.482 e. The molecule has 0 fully saturated rings. The first-order chi connectivity index (χ1) is 15.1. The molecule has 31 heavy (non-hydrogen) atoms. The third-order valence-electron chi connectivity index (χ3n) is 4.95. The van der Waals surface area contributed by atoms with Gasteiger partial charge in [-0.25, -0.2) is 10.4 Å². The molecule has 9 heteroatoms. The van der Waals surface area contributed by atoms with Crippen LogP contribution in [0, 0.1) is 0 Å². The van der Waals surface area contributed by atoms with Crippen molar-refractivity contribution in [2.75, 3.05) is 31.1 Å². The highest BCUT2D eigenvalue weighted by molar-refractivity contribution is 6.02. The molecular weight excluding hydrogens is 398 g/mol. The highest BCUT2D eigenvalue weighted by atomic mass is 16.5. The fourth-order valence-corrected chi connectivity index (χ4v) is 3.33. The van der Waals surface area contributed by atoms with Gasteiger partial charge in [0, 0.05) is 20.3 Å². The van der Waals surface area contributed by atoms with Crippen LogP contribution in [0.15, 0.2) is 52.4 Å². The highest BCUT2D eigenvalue weighted by Gasteiger charge is 2.16. The average molecular weight is 421 g/mol. The van der Waals surface area contributed by atoms with Crippen LogP contribution in [0.25, 0.3) is 10.9 Å². The molecule has 2 heterocycles. The summed E-state index contributed by atoms with van der Waals surface area (Å²) in [5.74, 6) is 0.777. The summed E-state index contributed by atoms with van der Waals surface area (Å²) < 4.78 is 12.1. The van der Waals surface area contributed by atoms with Crippen molar-refractivity contribution < 1.29 is 14.3 Å². The molecule has 0 atom stereocenters. The number of nitrogens with zero attached hydrogens (tertiary/aromatic N) is 3. The first kappa shape index (κ1) is 20.5. The van der Waals surface area contributed by atoms with Crippen molar-refractivity contribution in [3.63, 3.8) is 0 Å². The summed E-state index contributed by atoms with van der Waals surface area (Å²) in [5, 5.41) is 7.77. The fourth-order valence-electron chi connectivity index (χ4n) is 3.33. The van der Waals surface area contributed by atoms with Gasteiger partial charge < -0.3 is 14.8 Å². The summed E-state index contributed by atoms with van der Waals surface area (Å²) in [5.41, 5.74) is 5.46. The van der Waals surface area contributed by atoms with E-state index in [1.807, 2.05) is 25.1 Å². The van der Waals surface area contributed by atoms with Crippen LogP contribution in [0.3, 0.4) is 0 Å². The molecule has 9 nitrogen and oxygen atoms in total. The Balaban J connectivity index is 1.65. The number of amides is 1. The minimum absolute atomic E-state index is 0.00913. The van der Waals surface area contributed by atoms with Crippen LogP contribution in [-0.2, 0) is 16.1 Å². The van der Waals surface area contributed by atoms with Gasteiger partial charge in [-0.3, -0.25) is 14.2 Å². The molecule has 0 unspecified atom stereocenters. The smallest absolute Gasteiger partial charge is 0.262 e. The fraction of sp³-hybridized carbons (Fsp3) is 0.273. The number of hydrogen-bond acceptors (Lipinski definition) is 7.